The van der Waals surface area contributed by atoms with Crippen LogP contribution in [-0.2, 0) is 9.59 Å². The summed E-state index contributed by atoms with van der Waals surface area (Å²) in [5, 5.41) is 11.8. The maximum atomic E-state index is 12.1. The van der Waals surface area contributed by atoms with Crippen molar-refractivity contribution in [3.63, 3.8) is 0 Å². The Morgan fingerprint density at radius 1 is 1.43 bits per heavy atom. The van der Waals surface area contributed by atoms with E-state index in [0.717, 1.165) is 8.47 Å². The van der Waals surface area contributed by atoms with E-state index in [2.05, 4.69) is 43.8 Å². The van der Waals surface area contributed by atoms with Gasteiger partial charge in [-0.15, -0.1) is 0 Å². The van der Waals surface area contributed by atoms with Crippen molar-refractivity contribution in [3.8, 4) is 5.75 Å². The summed E-state index contributed by atoms with van der Waals surface area (Å²) in [7, 11) is 1.53. The average Bonchev–Trinajstić information content (AvgIpc) is 2.71. The molecule has 21 heavy (non-hydrogen) atoms. The quantitative estimate of drug-likeness (QED) is 0.510. The molecule has 0 saturated carbocycles. The van der Waals surface area contributed by atoms with E-state index in [1.54, 1.807) is 0 Å². The third kappa shape index (κ3) is 3.22. The van der Waals surface area contributed by atoms with E-state index in [9.17, 15) is 9.59 Å². The first-order valence-corrected chi connectivity index (χ1v) is 7.84. The molecular formula is C13H12BrIN2O4. The van der Waals surface area contributed by atoms with E-state index in [0.29, 0.717) is 15.9 Å². The number of nitrogens with zero attached hydrogens (tertiary/aromatic N) is 1. The Bertz CT molecular complexity index is 633. The fraction of sp³-hybridized carbons (Fsp3) is 0.231. The zero-order valence-corrected chi connectivity index (χ0v) is 14.8. The summed E-state index contributed by atoms with van der Waals surface area (Å²) in [4.78, 5) is 24.8. The lowest BCUT2D eigenvalue weighted by molar-refractivity contribution is -0.137. The highest BCUT2D eigenvalue weighted by atomic mass is 127. The number of benzene rings is 1. The summed E-state index contributed by atoms with van der Waals surface area (Å²) < 4.78 is 6.90. The van der Waals surface area contributed by atoms with Gasteiger partial charge in [-0.05, 0) is 50.7 Å². The smallest absolute Gasteiger partial charge is 0.277 e. The molecule has 1 aliphatic rings. The zero-order valence-electron chi connectivity index (χ0n) is 11.0. The van der Waals surface area contributed by atoms with Gasteiger partial charge in [0.05, 0.1) is 29.5 Å². The molecule has 0 spiro atoms. The van der Waals surface area contributed by atoms with Gasteiger partial charge in [-0.2, -0.15) is 0 Å². The van der Waals surface area contributed by atoms with Crippen LogP contribution in [0.15, 0.2) is 28.4 Å². The number of imide groups is 1. The lowest BCUT2D eigenvalue weighted by Crippen LogP contribution is -2.34. The Kier molecular flexibility index (Phi) is 5.22. The Balaban J connectivity index is 2.32. The van der Waals surface area contributed by atoms with Gasteiger partial charge in [0.25, 0.3) is 11.8 Å². The molecule has 0 bridgehead atoms. The van der Waals surface area contributed by atoms with Gasteiger partial charge in [0.1, 0.15) is 5.70 Å². The van der Waals surface area contributed by atoms with Crippen molar-refractivity contribution >= 4 is 56.0 Å². The molecule has 1 aromatic carbocycles. The first-order chi connectivity index (χ1) is 9.99. The van der Waals surface area contributed by atoms with Crippen molar-refractivity contribution in [2.45, 2.75) is 0 Å². The van der Waals surface area contributed by atoms with Crippen molar-refractivity contribution in [2.75, 3.05) is 25.6 Å². The molecule has 0 fully saturated rings. The number of carbonyl (C=O) groups excluding carboxylic acids is 2. The number of carbonyl (C=O) groups is 2. The molecule has 6 nitrogen and oxygen atoms in total. The normalized spacial score (nSPS) is 14.5. The average molecular weight is 467 g/mol. The van der Waals surface area contributed by atoms with Crippen LogP contribution in [0.5, 0.6) is 5.75 Å². The molecule has 1 heterocycles. The van der Waals surface area contributed by atoms with Crippen molar-refractivity contribution in [1.82, 2.24) is 4.90 Å². The maximum absolute atomic E-state index is 12.1. The minimum Gasteiger partial charge on any atom is -0.493 e. The highest BCUT2D eigenvalue weighted by Crippen LogP contribution is 2.37. The predicted molar refractivity (Wildman–Crippen MR) is 88.9 cm³/mol. The number of ether oxygens (including phenoxy) is 1. The highest BCUT2D eigenvalue weighted by molar-refractivity contribution is 14.1. The Morgan fingerprint density at radius 2 is 2.14 bits per heavy atom. The number of anilines is 1. The minimum absolute atomic E-state index is 0.0238. The number of aliphatic hydroxyl groups is 1. The number of hydrogen-bond acceptors (Lipinski definition) is 5. The van der Waals surface area contributed by atoms with Crippen molar-refractivity contribution in [2.24, 2.45) is 0 Å². The SMILES string of the molecule is COc1c(I)ccc(Br)c1NC1=CC(=O)N(CCO)C1=O. The van der Waals surface area contributed by atoms with Crippen LogP contribution in [0.4, 0.5) is 5.69 Å². The van der Waals surface area contributed by atoms with Gasteiger partial charge in [-0.25, -0.2) is 0 Å². The van der Waals surface area contributed by atoms with Gasteiger partial charge in [0, 0.05) is 10.5 Å². The second-order valence-corrected chi connectivity index (χ2v) is 6.16. The van der Waals surface area contributed by atoms with Crippen molar-refractivity contribution in [1.29, 1.82) is 0 Å². The monoisotopic (exact) mass is 466 g/mol. The molecule has 0 aliphatic carbocycles. The molecular weight excluding hydrogens is 455 g/mol. The van der Waals surface area contributed by atoms with Crippen LogP contribution in [0.2, 0.25) is 0 Å². The fourth-order valence-electron chi connectivity index (χ4n) is 1.89. The number of aliphatic hydroxyl groups excluding tert-OH is 1. The summed E-state index contributed by atoms with van der Waals surface area (Å²) in [5.74, 6) is -0.342. The first-order valence-electron chi connectivity index (χ1n) is 5.97. The molecule has 0 unspecified atom stereocenters. The number of nitrogens with one attached hydrogen (secondary N) is 1. The van der Waals surface area contributed by atoms with Gasteiger partial charge in [-0.1, -0.05) is 0 Å². The summed E-state index contributed by atoms with van der Waals surface area (Å²) in [6.45, 7) is -0.293. The fourth-order valence-corrected chi connectivity index (χ4v) is 2.97. The first kappa shape index (κ1) is 16.2. The van der Waals surface area contributed by atoms with E-state index >= 15 is 0 Å². The highest BCUT2D eigenvalue weighted by Gasteiger charge is 2.31. The van der Waals surface area contributed by atoms with E-state index < -0.39 is 11.8 Å². The molecule has 2 rings (SSSR count). The van der Waals surface area contributed by atoms with E-state index in [1.165, 1.54) is 13.2 Å². The summed E-state index contributed by atoms with van der Waals surface area (Å²) in [6.07, 6.45) is 1.21. The van der Waals surface area contributed by atoms with Crippen LogP contribution >= 0.6 is 38.5 Å². The lowest BCUT2D eigenvalue weighted by atomic mass is 10.2. The van der Waals surface area contributed by atoms with Crippen LogP contribution in [0.1, 0.15) is 0 Å². The van der Waals surface area contributed by atoms with Crippen LogP contribution < -0.4 is 10.1 Å². The second-order valence-electron chi connectivity index (χ2n) is 4.14. The van der Waals surface area contributed by atoms with Crippen molar-refractivity contribution < 1.29 is 19.4 Å². The molecule has 2 amide bonds. The zero-order chi connectivity index (χ0) is 15.6. The topological polar surface area (TPSA) is 78.9 Å². The summed E-state index contributed by atoms with van der Waals surface area (Å²) in [6, 6.07) is 3.68. The number of β-amino-alcohol motifs (C(OH)–C–C–N with tert-alkyl or cyclic N) is 1. The molecule has 2 N–H and O–H groups in total. The summed E-state index contributed by atoms with van der Waals surface area (Å²) in [5.41, 5.74) is 0.720. The molecule has 0 saturated heterocycles. The van der Waals surface area contributed by atoms with Gasteiger partial charge in [-0.3, -0.25) is 14.5 Å². The van der Waals surface area contributed by atoms with E-state index in [4.69, 9.17) is 9.84 Å². The van der Waals surface area contributed by atoms with Crippen molar-refractivity contribution in [3.05, 3.63) is 31.9 Å². The Hall–Kier alpha value is -1.13. The molecule has 0 aromatic heterocycles. The number of methoxy groups -OCH3 is 1. The Morgan fingerprint density at radius 3 is 2.76 bits per heavy atom. The molecule has 8 heteroatoms. The molecule has 1 aliphatic heterocycles. The molecule has 0 radical (unpaired) electrons. The van der Waals surface area contributed by atoms with Gasteiger partial charge in [0.15, 0.2) is 5.75 Å². The second kappa shape index (κ2) is 6.75. The molecule has 1 aromatic rings. The third-order valence-corrected chi connectivity index (χ3v) is 4.37. The largest absolute Gasteiger partial charge is 0.493 e. The Labute approximate surface area is 143 Å². The van der Waals surface area contributed by atoms with E-state index in [-0.39, 0.29) is 18.8 Å². The standard InChI is InChI=1S/C13H12BrIN2O4/c1-21-12-8(15)3-2-7(14)11(12)16-9-6-10(19)17(4-5-18)13(9)20/h2-3,6,16,18H,4-5H2,1H3. The third-order valence-electron chi connectivity index (χ3n) is 2.86. The summed E-state index contributed by atoms with van der Waals surface area (Å²) >= 11 is 5.50. The van der Waals surface area contributed by atoms with Gasteiger partial charge in [0.2, 0.25) is 0 Å². The maximum Gasteiger partial charge on any atom is 0.277 e. The molecule has 112 valence electrons. The number of halogens is 2. The lowest BCUT2D eigenvalue weighted by Gasteiger charge is -2.16. The van der Waals surface area contributed by atoms with Gasteiger partial charge < -0.3 is 15.2 Å². The number of rotatable bonds is 5. The number of hydrogen-bond donors (Lipinski definition) is 2. The number of amides is 2. The van der Waals surface area contributed by atoms with Crippen LogP contribution in [-0.4, -0.2) is 42.1 Å². The van der Waals surface area contributed by atoms with Gasteiger partial charge >= 0.3 is 0 Å². The molecule has 0 atom stereocenters. The van der Waals surface area contributed by atoms with Crippen LogP contribution in [0.3, 0.4) is 0 Å². The van der Waals surface area contributed by atoms with Crippen LogP contribution in [0, 0.1) is 3.57 Å². The van der Waals surface area contributed by atoms with Crippen LogP contribution in [0.25, 0.3) is 0 Å². The van der Waals surface area contributed by atoms with E-state index in [1.807, 2.05) is 12.1 Å². The predicted octanol–water partition coefficient (Wildman–Crippen LogP) is 1.72. The minimum atomic E-state index is -0.470.